The summed E-state index contributed by atoms with van der Waals surface area (Å²) in [4.78, 5) is 60.2. The lowest BCUT2D eigenvalue weighted by Crippen LogP contribution is -2.71. The second-order valence-electron chi connectivity index (χ2n) is 8.24. The summed E-state index contributed by atoms with van der Waals surface area (Å²) in [6.45, 7) is 0.161. The average molecular weight is 622 g/mol. The van der Waals surface area contributed by atoms with Crippen molar-refractivity contribution in [3.8, 4) is 12.3 Å². The first-order valence-electron chi connectivity index (χ1n) is 11.4. The number of β-lactam (4-membered cyclic amide) rings is 1. The highest BCUT2D eigenvalue weighted by Gasteiger charge is 2.54. The highest BCUT2D eigenvalue weighted by molar-refractivity contribution is 8.01. The van der Waals surface area contributed by atoms with Gasteiger partial charge in [-0.3, -0.25) is 19.3 Å². The molecule has 3 aliphatic heterocycles. The van der Waals surface area contributed by atoms with Crippen molar-refractivity contribution in [2.75, 3.05) is 28.3 Å². The van der Waals surface area contributed by atoms with Gasteiger partial charge in [0.15, 0.2) is 10.8 Å². The Morgan fingerprint density at radius 3 is 2.92 bits per heavy atom. The number of terminal acetylenes is 1. The predicted molar refractivity (Wildman–Crippen MR) is 148 cm³/mol. The number of aliphatic carboxylic acids is 1. The molecule has 3 N–H and O–H groups in total. The summed E-state index contributed by atoms with van der Waals surface area (Å²) in [6, 6.07) is -0.986. The molecule has 0 aliphatic carbocycles. The fourth-order valence-electron chi connectivity index (χ4n) is 3.75. The van der Waals surface area contributed by atoms with Gasteiger partial charge >= 0.3 is 5.97 Å². The summed E-state index contributed by atoms with van der Waals surface area (Å²) in [5.74, 6) is 1.89. The van der Waals surface area contributed by atoms with Crippen LogP contribution in [0.25, 0.3) is 0 Å². The fraction of sp³-hybridized carbons (Fsp3) is 0.381. The zero-order chi connectivity index (χ0) is 28.2. The molecule has 0 saturated carbocycles. The van der Waals surface area contributed by atoms with E-state index >= 15 is 0 Å². The van der Waals surface area contributed by atoms with Gasteiger partial charge in [0.05, 0.1) is 0 Å². The lowest BCUT2D eigenvalue weighted by Gasteiger charge is -2.49. The average Bonchev–Trinajstić information content (AvgIpc) is 3.56. The van der Waals surface area contributed by atoms with Crippen molar-refractivity contribution in [1.82, 2.24) is 35.4 Å². The molecule has 19 heteroatoms. The molecule has 0 aromatic carbocycles. The van der Waals surface area contributed by atoms with Crippen LogP contribution in [0.3, 0.4) is 0 Å². The Morgan fingerprint density at radius 2 is 2.23 bits per heavy atom. The molecule has 2 saturated heterocycles. The molecule has 0 bridgehead atoms. The molecule has 5 rings (SSSR count). The fourth-order valence-corrected chi connectivity index (χ4v) is 7.31. The van der Waals surface area contributed by atoms with Gasteiger partial charge in [-0.05, 0) is 16.0 Å². The molecule has 208 valence electrons. The van der Waals surface area contributed by atoms with Crippen molar-refractivity contribution in [2.45, 2.75) is 29.2 Å². The predicted octanol–water partition coefficient (Wildman–Crippen LogP) is -0.302. The lowest BCUT2D eigenvalue weighted by molar-refractivity contribution is -0.150. The van der Waals surface area contributed by atoms with Crippen LogP contribution in [0.2, 0.25) is 0 Å². The number of rotatable bonds is 12. The number of thiazole rings is 1. The standard InChI is InChI=1S/C21H19N9O6S4/c1-2-3-29-21(25-27-28-29)40-5-10-4-38-18-14(17(33)30(18)15(10)19(34)35)24-16(32)13(26-36-11-6-37-7-11)12-8-39-20(23-12)22-9-31/h1,8-9,11,14,18H,3-7H2,(H,24,32)(H,34,35)(H,22,23,31)/b26-13-/t14?,18-/m1/s1. The molecule has 2 aromatic heterocycles. The maximum atomic E-state index is 13.3. The number of hydrogen-bond donors (Lipinski definition) is 3. The van der Waals surface area contributed by atoms with Gasteiger partial charge in [-0.1, -0.05) is 22.8 Å². The van der Waals surface area contributed by atoms with E-state index in [0.717, 1.165) is 22.8 Å². The normalized spacial score (nSPS) is 20.6. The van der Waals surface area contributed by atoms with E-state index in [0.29, 0.717) is 22.9 Å². The molecule has 40 heavy (non-hydrogen) atoms. The summed E-state index contributed by atoms with van der Waals surface area (Å²) in [5.41, 5.74) is 0.386. The number of hydrogen-bond acceptors (Lipinski definition) is 14. The van der Waals surface area contributed by atoms with Gasteiger partial charge in [0, 0.05) is 28.4 Å². The van der Waals surface area contributed by atoms with E-state index in [-0.39, 0.29) is 40.6 Å². The first-order valence-corrected chi connectivity index (χ1v) is 15.5. The van der Waals surface area contributed by atoms with Gasteiger partial charge in [-0.2, -0.15) is 11.8 Å². The first kappa shape index (κ1) is 27.9. The molecule has 2 aromatic rings. The Hall–Kier alpha value is -3.60. The maximum absolute atomic E-state index is 13.3. The van der Waals surface area contributed by atoms with Crippen LogP contribution in [0.1, 0.15) is 5.69 Å². The molecular formula is C21H19N9O6S4. The Bertz CT molecular complexity index is 1450. The number of carbonyl (C=O) groups excluding carboxylic acids is 3. The van der Waals surface area contributed by atoms with Crippen molar-refractivity contribution in [2.24, 2.45) is 5.16 Å². The van der Waals surface area contributed by atoms with E-state index < -0.39 is 29.2 Å². The van der Waals surface area contributed by atoms with Crippen molar-refractivity contribution in [3.63, 3.8) is 0 Å². The van der Waals surface area contributed by atoms with Crippen LogP contribution in [0, 0.1) is 12.3 Å². The van der Waals surface area contributed by atoms with Gasteiger partial charge in [-0.25, -0.2) is 14.5 Å². The molecule has 3 amide bonds. The largest absolute Gasteiger partial charge is 0.477 e. The Kier molecular flexibility index (Phi) is 8.58. The van der Waals surface area contributed by atoms with Gasteiger partial charge < -0.3 is 20.6 Å². The molecule has 2 atom stereocenters. The quantitative estimate of drug-likeness (QED) is 0.0699. The number of tetrazole rings is 1. The summed E-state index contributed by atoms with van der Waals surface area (Å²) < 4.78 is 1.41. The third kappa shape index (κ3) is 5.65. The summed E-state index contributed by atoms with van der Waals surface area (Å²) in [5, 5.41) is 31.9. The highest BCUT2D eigenvalue weighted by Crippen LogP contribution is 2.41. The Labute approximate surface area is 242 Å². The Balaban J connectivity index is 1.30. The van der Waals surface area contributed by atoms with Gasteiger partial charge in [-0.15, -0.1) is 34.6 Å². The van der Waals surface area contributed by atoms with E-state index in [1.807, 2.05) is 0 Å². The van der Waals surface area contributed by atoms with Gasteiger partial charge in [0.25, 0.3) is 11.8 Å². The first-order chi connectivity index (χ1) is 19.4. The second kappa shape index (κ2) is 12.3. The zero-order valence-electron chi connectivity index (χ0n) is 20.3. The number of carboxylic acids is 1. The summed E-state index contributed by atoms with van der Waals surface area (Å²) in [7, 11) is 0. The number of nitrogens with zero attached hydrogens (tertiary/aromatic N) is 7. The molecule has 5 heterocycles. The van der Waals surface area contributed by atoms with E-state index in [1.54, 1.807) is 11.8 Å². The third-order valence-corrected chi connectivity index (χ3v) is 10.1. The number of nitrogens with one attached hydrogen (secondary N) is 2. The van der Waals surface area contributed by atoms with Gasteiger partial charge in [0.2, 0.25) is 11.6 Å². The van der Waals surface area contributed by atoms with Crippen molar-refractivity contribution in [1.29, 1.82) is 0 Å². The number of thioether (sulfide) groups is 3. The topological polar surface area (TPSA) is 194 Å². The smallest absolute Gasteiger partial charge is 0.352 e. The van der Waals surface area contributed by atoms with Crippen LogP contribution in [-0.2, 0) is 30.6 Å². The van der Waals surface area contributed by atoms with Crippen LogP contribution in [-0.4, -0.2) is 106 Å². The zero-order valence-corrected chi connectivity index (χ0v) is 23.5. The van der Waals surface area contributed by atoms with Crippen LogP contribution in [0.15, 0.2) is 27.0 Å². The number of oxime groups is 1. The van der Waals surface area contributed by atoms with E-state index in [4.69, 9.17) is 11.3 Å². The van der Waals surface area contributed by atoms with E-state index in [1.165, 1.54) is 38.5 Å². The van der Waals surface area contributed by atoms with Crippen molar-refractivity contribution in [3.05, 3.63) is 22.3 Å². The summed E-state index contributed by atoms with van der Waals surface area (Å²) >= 11 is 5.30. The third-order valence-electron chi connectivity index (χ3n) is 5.70. The molecule has 3 aliphatic rings. The van der Waals surface area contributed by atoms with Crippen molar-refractivity contribution < 1.29 is 29.1 Å². The van der Waals surface area contributed by atoms with E-state index in [9.17, 15) is 24.3 Å². The number of carboxylic acid groups (broad SMARTS) is 1. The van der Waals surface area contributed by atoms with Crippen LogP contribution >= 0.6 is 46.6 Å². The van der Waals surface area contributed by atoms with Crippen LogP contribution < -0.4 is 10.6 Å². The van der Waals surface area contributed by atoms with E-state index in [2.05, 4.69) is 42.2 Å². The van der Waals surface area contributed by atoms with Crippen molar-refractivity contribution >= 4 is 81.7 Å². The number of aromatic nitrogens is 5. The minimum atomic E-state index is -1.26. The number of amides is 3. The summed E-state index contributed by atoms with van der Waals surface area (Å²) in [6.07, 6.45) is 5.64. The van der Waals surface area contributed by atoms with Gasteiger partial charge in [0.1, 0.15) is 35.5 Å². The lowest BCUT2D eigenvalue weighted by atomic mass is 10.0. The minimum absolute atomic E-state index is 0.133. The molecule has 15 nitrogen and oxygen atoms in total. The maximum Gasteiger partial charge on any atom is 0.352 e. The second-order valence-corrected chi connectivity index (χ2v) is 12.2. The molecule has 0 spiro atoms. The molecule has 2 fully saturated rings. The minimum Gasteiger partial charge on any atom is -0.477 e. The van der Waals surface area contributed by atoms with Crippen LogP contribution in [0.5, 0.6) is 0 Å². The number of fused-ring (bicyclic) bond motifs is 1. The molecule has 0 radical (unpaired) electrons. The molecular weight excluding hydrogens is 603 g/mol. The highest BCUT2D eigenvalue weighted by atomic mass is 32.2. The number of carbonyl (C=O) groups is 4. The molecule has 1 unspecified atom stereocenters. The Morgan fingerprint density at radius 1 is 1.40 bits per heavy atom. The SMILES string of the molecule is C#CCn1nnnc1SCC1=C(C(=O)O)N2C(=O)C(NC(=O)/C(=N\OC3CSC3)c3csc(NC=O)n3)[C@H]2SC1. The monoisotopic (exact) mass is 621 g/mol. The number of anilines is 1. The van der Waals surface area contributed by atoms with Crippen LogP contribution in [0.4, 0.5) is 5.13 Å².